The molecule has 0 bridgehead atoms. The zero-order valence-electron chi connectivity index (χ0n) is 44.3. The van der Waals surface area contributed by atoms with Crippen molar-refractivity contribution in [2.75, 3.05) is 76.0 Å². The number of morpholine rings is 2. The van der Waals surface area contributed by atoms with E-state index in [-0.39, 0.29) is 42.2 Å². The van der Waals surface area contributed by atoms with E-state index >= 15 is 19.2 Å². The number of methoxy groups -OCH3 is 3. The first kappa shape index (κ1) is 55.2. The summed E-state index contributed by atoms with van der Waals surface area (Å²) >= 11 is 0. The van der Waals surface area contributed by atoms with E-state index in [9.17, 15) is 19.5 Å². The van der Waals surface area contributed by atoms with E-state index in [1.807, 2.05) is 77.7 Å². The van der Waals surface area contributed by atoms with Crippen LogP contribution in [-0.2, 0) is 57.9 Å². The number of carbonyl (C=O) groups excluding carboxylic acids is 7. The molecule has 4 aliphatic heterocycles. The molecule has 4 aliphatic rings. The Balaban J connectivity index is 1.33. The Bertz CT molecular complexity index is 3140. The Labute approximate surface area is 457 Å². The highest BCUT2D eigenvalue weighted by Crippen LogP contribution is 2.66. The number of aliphatic hydroxyl groups is 1. The highest BCUT2D eigenvalue weighted by Gasteiger charge is 2.75. The number of ether oxygens (including phenoxy) is 6. The van der Waals surface area contributed by atoms with Crippen molar-refractivity contribution < 1.29 is 67.1 Å². The van der Waals surface area contributed by atoms with Gasteiger partial charge in [-0.05, 0) is 82.8 Å². The van der Waals surface area contributed by atoms with Gasteiger partial charge in [-0.25, -0.2) is 14.5 Å². The van der Waals surface area contributed by atoms with Gasteiger partial charge in [0.25, 0.3) is 0 Å². The van der Waals surface area contributed by atoms with Gasteiger partial charge in [-0.2, -0.15) is 0 Å². The van der Waals surface area contributed by atoms with E-state index < -0.39 is 95.2 Å². The maximum Gasteiger partial charge on any atom is 0.329 e. The first-order valence-corrected chi connectivity index (χ1v) is 25.9. The summed E-state index contributed by atoms with van der Waals surface area (Å²) in [6.07, 6.45) is -1.37. The molecule has 0 saturated carbocycles. The molecule has 5 aromatic carbocycles. The van der Waals surface area contributed by atoms with E-state index in [4.69, 9.17) is 28.4 Å². The number of nitrogens with zero attached hydrogens (tertiary/aromatic N) is 3. The second kappa shape index (κ2) is 24.0. The van der Waals surface area contributed by atoms with E-state index in [1.165, 1.54) is 19.2 Å². The van der Waals surface area contributed by atoms with Gasteiger partial charge in [0, 0.05) is 36.4 Å². The summed E-state index contributed by atoms with van der Waals surface area (Å²) < 4.78 is 33.1. The summed E-state index contributed by atoms with van der Waals surface area (Å²) in [7, 11) is 3.44. The van der Waals surface area contributed by atoms with Gasteiger partial charge >= 0.3 is 29.9 Å². The molecule has 410 valence electrons. The number of fused-ring (bicyclic) bond motifs is 3. The lowest BCUT2D eigenvalue weighted by Gasteiger charge is -2.46. The number of urea groups is 1. The van der Waals surface area contributed by atoms with Crippen LogP contribution < -0.4 is 25.2 Å². The molecule has 7 atom stereocenters. The zero-order valence-corrected chi connectivity index (χ0v) is 44.3. The van der Waals surface area contributed by atoms with Gasteiger partial charge in [-0.3, -0.25) is 28.9 Å². The van der Waals surface area contributed by atoms with Crippen LogP contribution in [0.1, 0.15) is 66.3 Å². The molecule has 4 amide bonds. The smallest absolute Gasteiger partial charge is 0.329 e. The first-order valence-electron chi connectivity index (χ1n) is 25.9. The van der Waals surface area contributed by atoms with Crippen molar-refractivity contribution in [2.24, 2.45) is 17.8 Å². The fourth-order valence-electron chi connectivity index (χ4n) is 11.3. The number of cyclic esters (lactones) is 1. The van der Waals surface area contributed by atoms with Crippen LogP contribution in [0.3, 0.4) is 0 Å². The fourth-order valence-corrected chi connectivity index (χ4v) is 11.3. The Hall–Kier alpha value is -8.57. The normalized spacial score (nSPS) is 21.7. The van der Waals surface area contributed by atoms with Gasteiger partial charge in [-0.1, -0.05) is 98.5 Å². The third kappa shape index (κ3) is 10.6. The summed E-state index contributed by atoms with van der Waals surface area (Å²) in [5.41, 5.74) is 0.897. The molecule has 3 saturated heterocycles. The lowest BCUT2D eigenvalue weighted by molar-refractivity contribution is -0.178. The molecule has 0 unspecified atom stereocenters. The predicted molar refractivity (Wildman–Crippen MR) is 287 cm³/mol. The maximum atomic E-state index is 16.9. The molecular formula is C60H61N5O14. The molecule has 0 aromatic heterocycles. The van der Waals surface area contributed by atoms with Gasteiger partial charge in [0.15, 0.2) is 5.92 Å². The number of esters is 4. The minimum atomic E-state index is -2.28. The number of benzene rings is 5. The second-order valence-electron chi connectivity index (χ2n) is 19.7. The van der Waals surface area contributed by atoms with E-state index in [0.717, 1.165) is 24.8 Å². The Kier molecular flexibility index (Phi) is 16.8. The topological polar surface area (TPSA) is 229 Å². The highest BCUT2D eigenvalue weighted by molar-refractivity contribution is 6.25. The summed E-state index contributed by atoms with van der Waals surface area (Å²) in [6.45, 7) is 5.37. The fraction of sp³-hybridized carbons (Fsp3) is 0.350. The van der Waals surface area contributed by atoms with Crippen LogP contribution >= 0.6 is 0 Å². The number of amides is 4. The van der Waals surface area contributed by atoms with Crippen LogP contribution in [0.15, 0.2) is 127 Å². The van der Waals surface area contributed by atoms with Crippen LogP contribution in [0.2, 0.25) is 0 Å². The van der Waals surface area contributed by atoms with Crippen molar-refractivity contribution in [1.82, 2.24) is 10.2 Å². The summed E-state index contributed by atoms with van der Waals surface area (Å²) in [5, 5.41) is 15.7. The molecule has 9 rings (SSSR count). The average Bonchev–Trinajstić information content (AvgIpc) is 2.07. The SMILES string of the molecule is COC(=O)C(CC#Cc1ccc2c(c1)[C@]1(C(=O)N2C(=O)N[C@H](C(=O)OC)C(C)C)[C@H](c2cccc(OCCO)c2)N2[C@H](c3ccccc3)[C@H](c3ccccc3)OC(=O)[C@H]2[C@@H]1C(=O)Nc1ccc(N2CCOCC2)cc1)C(=O)OC. The number of rotatable bonds is 15. The largest absolute Gasteiger partial charge is 0.491 e. The van der Waals surface area contributed by atoms with Crippen LogP contribution in [0.25, 0.3) is 0 Å². The molecule has 19 nitrogen and oxygen atoms in total. The molecule has 4 heterocycles. The lowest BCUT2D eigenvalue weighted by atomic mass is 9.65. The molecule has 3 N–H and O–H groups in total. The second-order valence-corrected chi connectivity index (χ2v) is 19.7. The Morgan fingerprint density at radius 3 is 2.04 bits per heavy atom. The average molecular weight is 1080 g/mol. The number of aliphatic hydroxyl groups excluding tert-OH is 1. The lowest BCUT2D eigenvalue weighted by Crippen LogP contribution is -2.57. The highest BCUT2D eigenvalue weighted by atomic mass is 16.6. The molecule has 1 spiro atoms. The van der Waals surface area contributed by atoms with Crippen molar-refractivity contribution in [3.05, 3.63) is 155 Å². The quantitative estimate of drug-likeness (QED) is 0.0486. The molecule has 3 fully saturated rings. The zero-order chi connectivity index (χ0) is 56.0. The molecule has 0 aliphatic carbocycles. The van der Waals surface area contributed by atoms with Gasteiger partial charge in [0.05, 0.1) is 64.8 Å². The van der Waals surface area contributed by atoms with Gasteiger partial charge in [0.1, 0.15) is 36.0 Å². The summed E-state index contributed by atoms with van der Waals surface area (Å²) in [6, 6.07) is 30.8. The number of anilines is 3. The third-order valence-corrected chi connectivity index (χ3v) is 14.9. The number of hydrogen-bond acceptors (Lipinski definition) is 16. The van der Waals surface area contributed by atoms with E-state index in [0.29, 0.717) is 48.7 Å². The molecular weight excluding hydrogens is 1010 g/mol. The summed E-state index contributed by atoms with van der Waals surface area (Å²) in [4.78, 5) is 108. The van der Waals surface area contributed by atoms with Crippen LogP contribution in [0, 0.1) is 29.6 Å². The van der Waals surface area contributed by atoms with E-state index in [1.54, 1.807) is 56.3 Å². The number of hydrogen-bond donors (Lipinski definition) is 3. The van der Waals surface area contributed by atoms with Crippen molar-refractivity contribution in [1.29, 1.82) is 0 Å². The molecule has 79 heavy (non-hydrogen) atoms. The van der Waals surface area contributed by atoms with E-state index in [2.05, 4.69) is 27.4 Å². The van der Waals surface area contributed by atoms with Crippen molar-refractivity contribution in [3.8, 4) is 17.6 Å². The van der Waals surface area contributed by atoms with Gasteiger partial charge in [-0.15, -0.1) is 0 Å². The number of imide groups is 1. The van der Waals surface area contributed by atoms with Gasteiger partial charge < -0.3 is 49.1 Å². The molecule has 19 heteroatoms. The van der Waals surface area contributed by atoms with Gasteiger partial charge in [0.2, 0.25) is 11.8 Å². The van der Waals surface area contributed by atoms with Crippen LogP contribution in [0.4, 0.5) is 21.9 Å². The number of carbonyl (C=O) groups is 7. The van der Waals surface area contributed by atoms with Crippen molar-refractivity contribution in [2.45, 2.75) is 56.0 Å². The Morgan fingerprint density at radius 2 is 1.41 bits per heavy atom. The van der Waals surface area contributed by atoms with Crippen molar-refractivity contribution in [3.63, 3.8) is 0 Å². The van der Waals surface area contributed by atoms with Crippen LogP contribution in [0.5, 0.6) is 5.75 Å². The molecule has 0 radical (unpaired) electrons. The first-order chi connectivity index (χ1) is 38.3. The predicted octanol–water partition coefficient (Wildman–Crippen LogP) is 5.81. The standard InChI is InChI=1S/C60H61N5O14/c1-36(2)48(56(70)76-5)62-59(73)64-46-27-22-37(14-12-21-44(54(68)74-3)55(69)75-4)34-45(46)60(58(64)72)47(53(67)61-41-23-25-42(26-24-41)63-28-31-77-32-29-63)50-57(71)79-51(39-17-10-7-11-18-39)49(38-15-8-6-9-16-38)65(50)52(60)40-19-13-20-43(35-40)78-33-30-66/h6-11,13,15-20,22-27,34-36,44,47-52,66H,21,28-33H2,1-5H3,(H,61,67)(H,62,73)/t47-,48+,49-,50-,51+,52+,60-/m1/s1. The number of nitrogens with one attached hydrogen (secondary N) is 2. The Morgan fingerprint density at radius 1 is 0.759 bits per heavy atom. The maximum absolute atomic E-state index is 16.9. The minimum Gasteiger partial charge on any atom is -0.491 e. The monoisotopic (exact) mass is 1080 g/mol. The summed E-state index contributed by atoms with van der Waals surface area (Å²) in [5.74, 6) is -2.56. The molecule has 5 aromatic rings. The van der Waals surface area contributed by atoms with Crippen molar-refractivity contribution >= 4 is 58.8 Å². The third-order valence-electron chi connectivity index (χ3n) is 14.9. The minimum absolute atomic E-state index is 0.00291. The van der Waals surface area contributed by atoms with Crippen LogP contribution in [-0.4, -0.2) is 125 Å².